The summed E-state index contributed by atoms with van der Waals surface area (Å²) < 4.78 is 0. The van der Waals surface area contributed by atoms with Gasteiger partial charge < -0.3 is 10.2 Å². The molecule has 1 fully saturated rings. The van der Waals surface area contributed by atoms with Crippen LogP contribution in [0, 0.1) is 5.41 Å². The highest BCUT2D eigenvalue weighted by Gasteiger charge is 2.31. The van der Waals surface area contributed by atoms with Crippen molar-refractivity contribution in [3.05, 3.63) is 58.9 Å². The Bertz CT molecular complexity index is 845. The number of anilines is 1. The van der Waals surface area contributed by atoms with Crippen LogP contribution in [0.5, 0.6) is 0 Å². The number of hydrogen-bond donors (Lipinski definition) is 1. The van der Waals surface area contributed by atoms with Crippen LogP contribution in [0.4, 0.5) is 5.69 Å². The molecule has 148 valence electrons. The number of halogens is 1. The zero-order chi connectivity index (χ0) is 20.3. The molecule has 0 aliphatic carbocycles. The smallest absolute Gasteiger partial charge is 0.330 e. The van der Waals surface area contributed by atoms with Crippen molar-refractivity contribution in [2.24, 2.45) is 5.41 Å². The Morgan fingerprint density at radius 1 is 1.18 bits per heavy atom. The second-order valence-electron chi connectivity index (χ2n) is 7.94. The van der Waals surface area contributed by atoms with Gasteiger partial charge in [0, 0.05) is 30.9 Å². The molecule has 1 saturated heterocycles. The Labute approximate surface area is 169 Å². The third-order valence-corrected chi connectivity index (χ3v) is 4.80. The molecule has 1 aromatic carbocycles. The van der Waals surface area contributed by atoms with Crippen molar-refractivity contribution in [3.63, 3.8) is 0 Å². The molecular weight excluding hydrogens is 378 g/mol. The van der Waals surface area contributed by atoms with E-state index in [-0.39, 0.29) is 17.8 Å². The van der Waals surface area contributed by atoms with Crippen molar-refractivity contribution in [1.82, 2.24) is 10.0 Å². The second-order valence-corrected chi connectivity index (χ2v) is 8.38. The number of nitrogens with one attached hydrogen (secondary N) is 1. The first kappa shape index (κ1) is 20.3. The summed E-state index contributed by atoms with van der Waals surface area (Å²) in [6, 6.07) is 10.9. The normalized spacial score (nSPS) is 17.4. The minimum atomic E-state index is -0.517. The molecule has 1 aromatic heterocycles. The maximum absolute atomic E-state index is 12.2. The van der Waals surface area contributed by atoms with Crippen LogP contribution in [0.15, 0.2) is 42.6 Å². The zero-order valence-corrected chi connectivity index (χ0v) is 17.0. The summed E-state index contributed by atoms with van der Waals surface area (Å²) in [7, 11) is 0. The molecule has 7 heteroatoms. The predicted molar refractivity (Wildman–Crippen MR) is 108 cm³/mol. The largest absolute Gasteiger partial charge is 0.367 e. The molecule has 1 N–H and O–H groups in total. The van der Waals surface area contributed by atoms with E-state index in [1.54, 1.807) is 17.2 Å². The van der Waals surface area contributed by atoms with Crippen molar-refractivity contribution in [2.45, 2.75) is 33.1 Å². The lowest BCUT2D eigenvalue weighted by Gasteiger charge is -2.22. The first-order valence-corrected chi connectivity index (χ1v) is 9.60. The van der Waals surface area contributed by atoms with Crippen molar-refractivity contribution >= 4 is 29.2 Å². The standard InChI is InChI=1S/C21H24ClN3O3/c1-21(2,3)20(27)28-25-11-10-15(13-25)14-4-7-17(8-5-14)24-19(26)18-9-6-16(22)12-23-18/h4-9,12,15H,10-11,13H2,1-3H3,(H,24,26). The molecule has 1 aliphatic rings. The van der Waals surface area contributed by atoms with Gasteiger partial charge in [-0.2, -0.15) is 0 Å². The van der Waals surface area contributed by atoms with Gasteiger partial charge in [-0.05, 0) is 57.0 Å². The molecule has 0 radical (unpaired) electrons. The second kappa shape index (κ2) is 8.29. The topological polar surface area (TPSA) is 71.5 Å². The van der Waals surface area contributed by atoms with E-state index in [0.717, 1.165) is 12.0 Å². The fraction of sp³-hybridized carbons (Fsp3) is 0.381. The highest BCUT2D eigenvalue weighted by atomic mass is 35.5. The van der Waals surface area contributed by atoms with Crippen LogP contribution in [-0.4, -0.2) is 35.0 Å². The predicted octanol–water partition coefficient (Wildman–Crippen LogP) is 4.28. The Morgan fingerprint density at radius 3 is 2.50 bits per heavy atom. The molecule has 2 aromatic rings. The molecule has 28 heavy (non-hydrogen) atoms. The number of amides is 1. The summed E-state index contributed by atoms with van der Waals surface area (Å²) in [5, 5.41) is 5.04. The number of nitrogens with zero attached hydrogens (tertiary/aromatic N) is 2. The monoisotopic (exact) mass is 401 g/mol. The molecule has 1 unspecified atom stereocenters. The molecule has 6 nitrogen and oxygen atoms in total. The lowest BCUT2D eigenvalue weighted by molar-refractivity contribution is -0.195. The number of carbonyl (C=O) groups is 2. The minimum Gasteiger partial charge on any atom is -0.367 e. The van der Waals surface area contributed by atoms with Crippen molar-refractivity contribution in [1.29, 1.82) is 0 Å². The van der Waals surface area contributed by atoms with Gasteiger partial charge in [-0.1, -0.05) is 23.7 Å². The van der Waals surface area contributed by atoms with Gasteiger partial charge in [0.2, 0.25) is 0 Å². The number of aromatic nitrogens is 1. The Balaban J connectivity index is 1.57. The van der Waals surface area contributed by atoms with Crippen LogP contribution >= 0.6 is 11.6 Å². The number of carbonyl (C=O) groups excluding carboxylic acids is 2. The highest BCUT2D eigenvalue weighted by Crippen LogP contribution is 2.29. The Kier molecular flexibility index (Phi) is 6.01. The molecule has 0 spiro atoms. The lowest BCUT2D eigenvalue weighted by Crippen LogP contribution is -2.32. The van der Waals surface area contributed by atoms with Crippen LogP contribution in [0.25, 0.3) is 0 Å². The molecule has 0 bridgehead atoms. The van der Waals surface area contributed by atoms with Crippen LogP contribution in [0.1, 0.15) is 49.2 Å². The van der Waals surface area contributed by atoms with Gasteiger partial charge in [-0.15, -0.1) is 5.06 Å². The minimum absolute atomic E-state index is 0.220. The number of benzene rings is 1. The number of hydroxylamine groups is 2. The summed E-state index contributed by atoms with van der Waals surface area (Å²) in [4.78, 5) is 33.7. The molecule has 0 saturated carbocycles. The van der Waals surface area contributed by atoms with Crippen LogP contribution < -0.4 is 5.32 Å². The van der Waals surface area contributed by atoms with E-state index in [0.29, 0.717) is 29.5 Å². The molecule has 2 heterocycles. The van der Waals surface area contributed by atoms with Crippen molar-refractivity contribution in [3.8, 4) is 0 Å². The van der Waals surface area contributed by atoms with E-state index in [1.165, 1.54) is 6.20 Å². The van der Waals surface area contributed by atoms with Gasteiger partial charge in [0.05, 0.1) is 10.4 Å². The summed E-state index contributed by atoms with van der Waals surface area (Å²) in [5.41, 5.74) is 1.63. The van der Waals surface area contributed by atoms with Gasteiger partial charge in [-0.25, -0.2) is 9.78 Å². The summed E-state index contributed by atoms with van der Waals surface area (Å²) in [6.45, 7) is 6.91. The van der Waals surface area contributed by atoms with Gasteiger partial charge >= 0.3 is 5.97 Å². The van der Waals surface area contributed by atoms with Crippen LogP contribution in [0.2, 0.25) is 5.02 Å². The SMILES string of the molecule is CC(C)(C)C(=O)ON1CCC(c2ccc(NC(=O)c3ccc(Cl)cn3)cc2)C1. The Hall–Kier alpha value is -2.44. The third-order valence-electron chi connectivity index (χ3n) is 4.58. The lowest BCUT2D eigenvalue weighted by atomic mass is 9.98. The Morgan fingerprint density at radius 2 is 1.89 bits per heavy atom. The summed E-state index contributed by atoms with van der Waals surface area (Å²) >= 11 is 5.79. The van der Waals surface area contributed by atoms with E-state index in [2.05, 4.69) is 10.3 Å². The average molecular weight is 402 g/mol. The van der Waals surface area contributed by atoms with Crippen molar-refractivity contribution < 1.29 is 14.4 Å². The van der Waals surface area contributed by atoms with Crippen LogP contribution in [-0.2, 0) is 9.63 Å². The maximum Gasteiger partial charge on any atom is 0.330 e. The molecule has 1 aliphatic heterocycles. The van der Waals surface area contributed by atoms with Gasteiger partial charge in [0.15, 0.2) is 0 Å². The first-order chi connectivity index (χ1) is 13.2. The fourth-order valence-electron chi connectivity index (χ4n) is 2.88. The van der Waals surface area contributed by atoms with Gasteiger partial charge in [0.1, 0.15) is 5.69 Å². The molecule has 1 atom stereocenters. The van der Waals surface area contributed by atoms with E-state index in [1.807, 2.05) is 45.0 Å². The number of hydrogen-bond acceptors (Lipinski definition) is 5. The molecule has 1 amide bonds. The highest BCUT2D eigenvalue weighted by molar-refractivity contribution is 6.30. The number of pyridine rings is 1. The average Bonchev–Trinajstić information content (AvgIpc) is 3.10. The fourth-order valence-corrected chi connectivity index (χ4v) is 2.99. The quantitative estimate of drug-likeness (QED) is 0.827. The zero-order valence-electron chi connectivity index (χ0n) is 16.2. The van der Waals surface area contributed by atoms with E-state index >= 15 is 0 Å². The molecular formula is C21H24ClN3O3. The maximum atomic E-state index is 12.2. The summed E-state index contributed by atoms with van der Waals surface area (Å²) in [6.07, 6.45) is 2.36. The first-order valence-electron chi connectivity index (χ1n) is 9.22. The van der Waals surface area contributed by atoms with E-state index in [4.69, 9.17) is 16.4 Å². The third kappa shape index (κ3) is 5.09. The van der Waals surface area contributed by atoms with Crippen LogP contribution in [0.3, 0.4) is 0 Å². The molecule has 3 rings (SSSR count). The van der Waals surface area contributed by atoms with E-state index in [9.17, 15) is 9.59 Å². The van der Waals surface area contributed by atoms with Crippen molar-refractivity contribution in [2.75, 3.05) is 18.4 Å². The summed E-state index contributed by atoms with van der Waals surface area (Å²) in [5.74, 6) is -0.219. The number of rotatable bonds is 4. The van der Waals surface area contributed by atoms with E-state index < -0.39 is 5.41 Å². The van der Waals surface area contributed by atoms with Gasteiger partial charge in [-0.3, -0.25) is 4.79 Å². The van der Waals surface area contributed by atoms with Gasteiger partial charge in [0.25, 0.3) is 5.91 Å².